The average molecular weight is 540 g/mol. The van der Waals surface area contributed by atoms with Crippen molar-refractivity contribution in [1.29, 1.82) is 0 Å². The Hall–Kier alpha value is -0.431. The van der Waals surface area contributed by atoms with Crippen molar-refractivity contribution in [2.24, 2.45) is 5.92 Å². The number of aliphatic hydroxyl groups excluding tert-OH is 1. The molecule has 0 spiro atoms. The molecule has 1 saturated heterocycles. The first-order chi connectivity index (χ1) is 14.7. The van der Waals surface area contributed by atoms with Gasteiger partial charge in [0.1, 0.15) is 5.75 Å². The molecule has 6 heteroatoms. The molecule has 4 aliphatic rings. The van der Waals surface area contributed by atoms with E-state index in [4.69, 9.17) is 8.92 Å². The van der Waals surface area contributed by atoms with Crippen LogP contribution in [0.15, 0.2) is 24.3 Å². The number of hydrogen-bond acceptors (Lipinski definition) is 4. The molecule has 166 valence electrons. The molecule has 3 fully saturated rings. The minimum absolute atomic E-state index is 0.0611. The van der Waals surface area contributed by atoms with Gasteiger partial charge in [0, 0.05) is 18.2 Å². The van der Waals surface area contributed by atoms with Gasteiger partial charge in [0.15, 0.2) is 0 Å². The second-order valence-electron chi connectivity index (χ2n) is 8.85. The van der Waals surface area contributed by atoms with Crippen LogP contribution < -0.4 is 10.6 Å². The van der Waals surface area contributed by atoms with Gasteiger partial charge in [0.2, 0.25) is 0 Å². The number of phenolic OH excluding ortho intramolecular Hbond substituents is 1. The van der Waals surface area contributed by atoms with Crippen LogP contribution in [0.5, 0.6) is 5.75 Å². The normalized spacial score (nSPS) is 27.9. The van der Waals surface area contributed by atoms with E-state index in [1.807, 2.05) is 24.3 Å². The molecule has 4 nitrogen and oxygen atoms in total. The molecule has 2 heterocycles. The zero-order valence-electron chi connectivity index (χ0n) is 18.0. The number of aromatic hydroxyl groups is 1. The fourth-order valence-corrected chi connectivity index (χ4v) is 8.22. The van der Waals surface area contributed by atoms with Gasteiger partial charge in [0.25, 0.3) is 0 Å². The van der Waals surface area contributed by atoms with Gasteiger partial charge in [0.05, 0.1) is 11.8 Å². The van der Waals surface area contributed by atoms with Crippen molar-refractivity contribution in [2.75, 3.05) is 18.4 Å². The van der Waals surface area contributed by atoms with Crippen molar-refractivity contribution in [1.82, 2.24) is 5.32 Å². The van der Waals surface area contributed by atoms with Crippen LogP contribution in [0.4, 0.5) is 5.69 Å². The van der Waals surface area contributed by atoms with E-state index in [9.17, 15) is 10.2 Å². The summed E-state index contributed by atoms with van der Waals surface area (Å²) in [7, 11) is 5.85. The van der Waals surface area contributed by atoms with Gasteiger partial charge in [-0.1, -0.05) is 30.7 Å². The van der Waals surface area contributed by atoms with Crippen molar-refractivity contribution < 1.29 is 10.2 Å². The molecular formula is C24H37ClN2O2Sn. The van der Waals surface area contributed by atoms with Gasteiger partial charge in [-0.25, -0.2) is 0 Å². The number of fused-ring (bicyclic) bond motifs is 2. The van der Waals surface area contributed by atoms with Crippen molar-refractivity contribution >= 4 is 40.7 Å². The third-order valence-electron chi connectivity index (χ3n) is 6.66. The van der Waals surface area contributed by atoms with E-state index in [1.165, 1.54) is 57.8 Å². The summed E-state index contributed by atoms with van der Waals surface area (Å²) in [6.07, 6.45) is 17.5. The van der Waals surface area contributed by atoms with Crippen LogP contribution in [-0.4, -0.2) is 55.5 Å². The number of halogens is 1. The van der Waals surface area contributed by atoms with Gasteiger partial charge in [-0.15, -0.1) is 0 Å². The Morgan fingerprint density at radius 1 is 0.967 bits per heavy atom. The van der Waals surface area contributed by atoms with Crippen LogP contribution in [0.25, 0.3) is 6.08 Å². The quantitative estimate of drug-likeness (QED) is 0.288. The Bertz CT molecular complexity index is 665. The third-order valence-corrected chi connectivity index (χ3v) is 11.3. The Labute approximate surface area is 195 Å². The number of aliphatic hydroxyl groups is 1. The van der Waals surface area contributed by atoms with E-state index < -0.39 is 20.0 Å². The summed E-state index contributed by atoms with van der Waals surface area (Å²) in [5.41, 5.74) is 1.89. The molecule has 0 bridgehead atoms. The molecular weight excluding hydrogens is 502 g/mol. The molecule has 2 aliphatic heterocycles. The first-order valence-electron chi connectivity index (χ1n) is 11.7. The molecule has 3 unspecified atom stereocenters. The maximum atomic E-state index is 9.64. The summed E-state index contributed by atoms with van der Waals surface area (Å²) in [4.78, 5) is 0. The molecule has 2 aliphatic carbocycles. The molecule has 1 aromatic carbocycles. The molecule has 0 amide bonds. The van der Waals surface area contributed by atoms with Gasteiger partial charge in [-0.2, -0.15) is 0 Å². The minimum atomic E-state index is -0.394. The fraction of sp³-hybridized carbons (Fsp3) is 0.667. The van der Waals surface area contributed by atoms with E-state index in [0.29, 0.717) is 11.8 Å². The molecule has 3 atom stereocenters. The molecule has 30 heavy (non-hydrogen) atoms. The summed E-state index contributed by atoms with van der Waals surface area (Å²) in [6.45, 7) is 1.91. The standard InChI is InChI=1S/C9H17NO.C9H9NO.C6H11.ClH.Sn/c2*11-8-5-1-3-7-4-2-6-10-9(7)8;1-2-4-6-5-3-1;;/h7-11H,1-6H2;1-5,10-11H,6H2;1H,2-6H2;1H;/q;;;;+1/p-1. The number of anilines is 1. The van der Waals surface area contributed by atoms with Crippen molar-refractivity contribution in [2.45, 2.75) is 80.3 Å². The van der Waals surface area contributed by atoms with E-state index in [2.05, 4.69) is 10.6 Å². The first kappa shape index (κ1) is 24.2. The molecule has 2 saturated carbocycles. The predicted octanol–water partition coefficient (Wildman–Crippen LogP) is 5.33. The van der Waals surface area contributed by atoms with Gasteiger partial charge >= 0.3 is 65.0 Å². The van der Waals surface area contributed by atoms with E-state index in [0.717, 1.165) is 40.6 Å². The second kappa shape index (κ2) is 13.2. The molecule has 0 aromatic heterocycles. The first-order valence-corrected chi connectivity index (χ1v) is 16.9. The molecule has 1 aromatic rings. The van der Waals surface area contributed by atoms with Crippen LogP contribution >= 0.6 is 8.92 Å². The number of benzene rings is 1. The zero-order chi connectivity index (χ0) is 21.2. The van der Waals surface area contributed by atoms with Crippen LogP contribution in [0.3, 0.4) is 0 Å². The van der Waals surface area contributed by atoms with Gasteiger partial charge in [-0.05, 0) is 44.2 Å². The molecule has 4 N–H and O–H groups in total. The summed E-state index contributed by atoms with van der Waals surface area (Å²) in [5, 5.41) is 25.5. The predicted molar refractivity (Wildman–Crippen MR) is 128 cm³/mol. The monoisotopic (exact) mass is 540 g/mol. The SMILES string of the molecule is OC1CCCC2CCCNC12.Oc1cccc2c1NCC=C2.[Cl][Sn][CH]1CCCCC1. The zero-order valence-corrected chi connectivity index (χ0v) is 21.6. The Morgan fingerprint density at radius 2 is 1.77 bits per heavy atom. The number of rotatable bonds is 1. The topological polar surface area (TPSA) is 64.5 Å². The van der Waals surface area contributed by atoms with Gasteiger partial charge in [-0.3, -0.25) is 0 Å². The van der Waals surface area contributed by atoms with Crippen LogP contribution in [0, 0.1) is 5.92 Å². The third kappa shape index (κ3) is 7.32. The van der Waals surface area contributed by atoms with Crippen molar-refractivity contribution in [3.05, 3.63) is 29.8 Å². The van der Waals surface area contributed by atoms with E-state index in [1.54, 1.807) is 6.07 Å². The second-order valence-corrected chi connectivity index (χ2v) is 13.3. The number of piperidine rings is 1. The van der Waals surface area contributed by atoms with E-state index in [-0.39, 0.29) is 6.10 Å². The van der Waals surface area contributed by atoms with Crippen LogP contribution in [-0.2, 0) is 0 Å². The van der Waals surface area contributed by atoms with Crippen molar-refractivity contribution in [3.63, 3.8) is 0 Å². The number of phenols is 1. The maximum absolute atomic E-state index is 9.64. The Kier molecular flexibility index (Phi) is 10.6. The fourth-order valence-electron chi connectivity index (χ4n) is 4.97. The summed E-state index contributed by atoms with van der Waals surface area (Å²) < 4.78 is 1.02. The Balaban J connectivity index is 0.000000130. The van der Waals surface area contributed by atoms with Crippen LogP contribution in [0.1, 0.15) is 69.8 Å². The number of para-hydroxylation sites is 1. The number of nitrogens with one attached hydrogen (secondary N) is 2. The Morgan fingerprint density at radius 3 is 2.47 bits per heavy atom. The average Bonchev–Trinajstić information content (AvgIpc) is 2.81. The summed E-state index contributed by atoms with van der Waals surface area (Å²) in [5.74, 6) is 1.10. The van der Waals surface area contributed by atoms with E-state index >= 15 is 0 Å². The van der Waals surface area contributed by atoms with Crippen LogP contribution in [0.2, 0.25) is 3.93 Å². The summed E-state index contributed by atoms with van der Waals surface area (Å²) in [6, 6.07) is 5.92. The van der Waals surface area contributed by atoms with Crippen molar-refractivity contribution in [3.8, 4) is 5.75 Å². The molecule has 2 radical (unpaired) electrons. The van der Waals surface area contributed by atoms with Gasteiger partial charge < -0.3 is 20.8 Å². The summed E-state index contributed by atoms with van der Waals surface area (Å²) >= 11 is -0.394. The number of hydrogen-bond donors (Lipinski definition) is 4. The molecule has 5 rings (SSSR count).